The SMILES string of the molecule is Oc1cccc2cccnc12.Oc1cccc2cccnc12.[Al][O]c1ccccc1-c1ccccc1. The largest absolute Gasteiger partial charge is 0.653 e. The molecule has 2 radical (unpaired) electrons. The van der Waals surface area contributed by atoms with Gasteiger partial charge in [0.25, 0.3) is 0 Å². The summed E-state index contributed by atoms with van der Waals surface area (Å²) in [7, 11) is 0. The Morgan fingerprint density at radius 1 is 0.528 bits per heavy atom. The van der Waals surface area contributed by atoms with Gasteiger partial charge in [-0.3, -0.25) is 9.97 Å². The van der Waals surface area contributed by atoms with Crippen LogP contribution in [0.25, 0.3) is 32.9 Å². The number of phenolic OH excluding ortho intramolecular Hbond substituents is 2. The molecule has 6 heteroatoms. The normalized spacial score (nSPS) is 10.0. The number of fused-ring (bicyclic) bond motifs is 2. The fourth-order valence-corrected chi connectivity index (χ4v) is 3.81. The van der Waals surface area contributed by atoms with Crippen molar-refractivity contribution in [3.05, 3.63) is 128 Å². The summed E-state index contributed by atoms with van der Waals surface area (Å²) in [6.45, 7) is 0. The predicted molar refractivity (Wildman–Crippen MR) is 145 cm³/mol. The van der Waals surface area contributed by atoms with E-state index < -0.39 is 0 Å². The summed E-state index contributed by atoms with van der Waals surface area (Å²) in [5, 5.41) is 20.5. The molecule has 0 saturated heterocycles. The van der Waals surface area contributed by atoms with Gasteiger partial charge in [-0.1, -0.05) is 84.9 Å². The van der Waals surface area contributed by atoms with E-state index in [0.717, 1.165) is 22.1 Å². The molecule has 0 unspecified atom stereocenters. The molecule has 174 valence electrons. The first-order valence-corrected chi connectivity index (χ1v) is 11.7. The van der Waals surface area contributed by atoms with Gasteiger partial charge in [0.15, 0.2) is 0 Å². The lowest BCUT2D eigenvalue weighted by atomic mass is 10.1. The molecule has 0 fully saturated rings. The van der Waals surface area contributed by atoms with E-state index in [4.69, 9.17) is 3.79 Å². The molecule has 2 aromatic heterocycles. The Morgan fingerprint density at radius 3 is 1.56 bits per heavy atom. The molecule has 0 aliphatic carbocycles. The molecule has 6 rings (SSSR count). The Hall–Kier alpha value is -4.37. The number of nitrogens with zero attached hydrogens (tertiary/aromatic N) is 2. The highest BCUT2D eigenvalue weighted by Crippen LogP contribution is 2.28. The van der Waals surface area contributed by atoms with E-state index >= 15 is 0 Å². The fraction of sp³-hybridized carbons (Fsp3) is 0. The molecule has 2 heterocycles. The van der Waals surface area contributed by atoms with E-state index in [1.165, 1.54) is 5.56 Å². The van der Waals surface area contributed by atoms with Gasteiger partial charge in [-0.15, -0.1) is 0 Å². The van der Waals surface area contributed by atoms with Crippen LogP contribution in [-0.4, -0.2) is 36.8 Å². The smallest absolute Gasteiger partial charge is 0.482 e. The molecular weight excluding hydrogens is 463 g/mol. The summed E-state index contributed by atoms with van der Waals surface area (Å²) in [5.74, 6) is 1.36. The second-order valence-electron chi connectivity index (χ2n) is 7.68. The fourth-order valence-electron chi connectivity index (χ4n) is 3.60. The lowest BCUT2D eigenvalue weighted by molar-refractivity contribution is 0.480. The number of benzene rings is 4. The third kappa shape index (κ3) is 6.19. The molecule has 4 aromatic carbocycles. The van der Waals surface area contributed by atoms with Gasteiger partial charge in [0.2, 0.25) is 0 Å². The monoisotopic (exact) mass is 486 g/mol. The first-order chi connectivity index (χ1) is 17.7. The van der Waals surface area contributed by atoms with Crippen molar-refractivity contribution in [1.82, 2.24) is 9.97 Å². The first-order valence-electron chi connectivity index (χ1n) is 11.2. The number of aromatic nitrogens is 2. The van der Waals surface area contributed by atoms with E-state index in [1.54, 1.807) is 36.7 Å². The summed E-state index contributed by atoms with van der Waals surface area (Å²) in [6, 6.07) is 36.4. The molecule has 0 spiro atoms. The minimum Gasteiger partial charge on any atom is -0.653 e. The summed E-state index contributed by atoms with van der Waals surface area (Å²) in [4.78, 5) is 8.06. The first kappa shape index (κ1) is 24.7. The molecule has 5 nitrogen and oxygen atoms in total. The number of para-hydroxylation sites is 3. The highest BCUT2D eigenvalue weighted by atomic mass is 27.1. The number of hydrogen-bond acceptors (Lipinski definition) is 5. The van der Waals surface area contributed by atoms with Crippen LogP contribution in [0.3, 0.4) is 0 Å². The Bertz CT molecular complexity index is 1470. The van der Waals surface area contributed by atoms with Crippen molar-refractivity contribution in [3.8, 4) is 28.4 Å². The zero-order valence-corrected chi connectivity index (χ0v) is 20.6. The van der Waals surface area contributed by atoms with Crippen molar-refractivity contribution in [1.29, 1.82) is 0 Å². The summed E-state index contributed by atoms with van der Waals surface area (Å²) >= 11 is 2.28. The maximum Gasteiger partial charge on any atom is 0.482 e. The molecule has 36 heavy (non-hydrogen) atoms. The molecule has 6 aromatic rings. The van der Waals surface area contributed by atoms with Crippen LogP contribution < -0.4 is 3.79 Å². The minimum atomic E-state index is 0.239. The van der Waals surface area contributed by atoms with Gasteiger partial charge in [0.1, 0.15) is 22.5 Å². The van der Waals surface area contributed by atoms with Crippen LogP contribution >= 0.6 is 0 Å². The van der Waals surface area contributed by atoms with Crippen molar-refractivity contribution < 1.29 is 14.0 Å². The maximum absolute atomic E-state index is 9.31. The van der Waals surface area contributed by atoms with E-state index in [-0.39, 0.29) is 11.5 Å². The molecule has 0 aliphatic heterocycles. The molecule has 0 atom stereocenters. The molecule has 0 aliphatic rings. The Morgan fingerprint density at radius 2 is 1.03 bits per heavy atom. The molecule has 0 amide bonds. The van der Waals surface area contributed by atoms with Crippen LogP contribution in [0.2, 0.25) is 0 Å². The standard InChI is InChI=1S/C12H10O.2C9H7NO.Al/c13-12-9-5-4-8-11(12)10-6-2-1-3-7-10;2*11-8-5-1-3-7-4-2-6-10-9(7)8;/h1-9,13H;2*1-6,11H;/q;;;+1/p-1. The molecular formula is C30H23AlN2O3. The second-order valence-corrected chi connectivity index (χ2v) is 7.92. The molecule has 0 bridgehead atoms. The van der Waals surface area contributed by atoms with Crippen LogP contribution in [0.1, 0.15) is 0 Å². The van der Waals surface area contributed by atoms with Crippen molar-refractivity contribution in [2.24, 2.45) is 0 Å². The van der Waals surface area contributed by atoms with E-state index in [0.29, 0.717) is 11.0 Å². The van der Waals surface area contributed by atoms with Crippen LogP contribution in [0.5, 0.6) is 17.2 Å². The Balaban J connectivity index is 0.000000128. The summed E-state index contributed by atoms with van der Waals surface area (Å²) in [5.41, 5.74) is 3.61. The Labute approximate surface area is 218 Å². The van der Waals surface area contributed by atoms with Crippen LogP contribution in [0, 0.1) is 0 Å². The van der Waals surface area contributed by atoms with Gasteiger partial charge in [-0.25, -0.2) is 0 Å². The van der Waals surface area contributed by atoms with Crippen LogP contribution in [0.15, 0.2) is 128 Å². The van der Waals surface area contributed by atoms with Gasteiger partial charge >= 0.3 is 16.6 Å². The molecule has 2 N–H and O–H groups in total. The van der Waals surface area contributed by atoms with Gasteiger partial charge < -0.3 is 14.0 Å². The zero-order chi connectivity index (χ0) is 25.2. The van der Waals surface area contributed by atoms with Crippen molar-refractivity contribution in [3.63, 3.8) is 0 Å². The van der Waals surface area contributed by atoms with Gasteiger partial charge in [0.05, 0.1) is 5.75 Å². The number of pyridine rings is 2. The summed E-state index contributed by atoms with van der Waals surface area (Å²) < 4.78 is 5.22. The average molecular weight is 487 g/mol. The van der Waals surface area contributed by atoms with E-state index in [1.807, 2.05) is 72.8 Å². The number of aromatic hydroxyl groups is 2. The van der Waals surface area contributed by atoms with Crippen LogP contribution in [-0.2, 0) is 0 Å². The van der Waals surface area contributed by atoms with Gasteiger partial charge in [-0.2, -0.15) is 0 Å². The number of hydrogen-bond donors (Lipinski definition) is 2. The average Bonchev–Trinajstić information content (AvgIpc) is 2.95. The van der Waals surface area contributed by atoms with Crippen LogP contribution in [0.4, 0.5) is 0 Å². The van der Waals surface area contributed by atoms with E-state index in [9.17, 15) is 10.2 Å². The van der Waals surface area contributed by atoms with Gasteiger partial charge in [-0.05, 0) is 35.9 Å². The molecule has 0 saturated carbocycles. The number of phenols is 2. The lowest BCUT2D eigenvalue weighted by Crippen LogP contribution is -1.88. The highest BCUT2D eigenvalue weighted by molar-refractivity contribution is 6.00. The quantitative estimate of drug-likeness (QED) is 0.267. The van der Waals surface area contributed by atoms with Gasteiger partial charge in [0, 0.05) is 28.7 Å². The number of rotatable bonds is 2. The second kappa shape index (κ2) is 12.4. The van der Waals surface area contributed by atoms with Crippen molar-refractivity contribution in [2.75, 3.05) is 0 Å². The van der Waals surface area contributed by atoms with Crippen molar-refractivity contribution >= 4 is 38.4 Å². The van der Waals surface area contributed by atoms with Crippen molar-refractivity contribution in [2.45, 2.75) is 0 Å². The maximum atomic E-state index is 9.31. The third-order valence-corrected chi connectivity index (χ3v) is 5.58. The minimum absolute atomic E-state index is 0.239. The van der Waals surface area contributed by atoms with E-state index in [2.05, 4.69) is 44.8 Å². The zero-order valence-electron chi connectivity index (χ0n) is 19.4. The summed E-state index contributed by atoms with van der Waals surface area (Å²) in [6.07, 6.45) is 3.34. The topological polar surface area (TPSA) is 75.5 Å². The predicted octanol–water partition coefficient (Wildman–Crippen LogP) is 6.70. The highest BCUT2D eigenvalue weighted by Gasteiger charge is 2.01. The lowest BCUT2D eigenvalue weighted by Gasteiger charge is -2.09. The Kier molecular flexibility index (Phi) is 8.50. The third-order valence-electron chi connectivity index (χ3n) is 5.32.